The summed E-state index contributed by atoms with van der Waals surface area (Å²) in [5.74, 6) is -0.366. The molecule has 0 aliphatic rings. The lowest BCUT2D eigenvalue weighted by molar-refractivity contribution is 0.0977. The fraction of sp³-hybridized carbons (Fsp3) is 0.0667. The fourth-order valence-corrected chi connectivity index (χ4v) is 2.86. The van der Waals surface area contributed by atoms with Gasteiger partial charge in [0.15, 0.2) is 14.9 Å². The Balaban J connectivity index is 2.12. The number of benzene rings is 2. The van der Waals surface area contributed by atoms with E-state index in [2.05, 4.69) is 10.6 Å². The van der Waals surface area contributed by atoms with Gasteiger partial charge in [-0.1, -0.05) is 30.3 Å². The Bertz CT molecular complexity index is 803. The maximum Gasteiger partial charge on any atom is 0.257 e. The van der Waals surface area contributed by atoms with E-state index in [9.17, 15) is 13.2 Å². The van der Waals surface area contributed by atoms with E-state index in [1.165, 1.54) is 6.07 Å². The van der Waals surface area contributed by atoms with Gasteiger partial charge in [0.2, 0.25) is 0 Å². The van der Waals surface area contributed by atoms with Gasteiger partial charge in [0, 0.05) is 11.8 Å². The number of sulfone groups is 1. The third-order valence-electron chi connectivity index (χ3n) is 2.80. The highest BCUT2D eigenvalue weighted by Crippen LogP contribution is 2.20. The average molecular weight is 334 g/mol. The summed E-state index contributed by atoms with van der Waals surface area (Å²) in [6.45, 7) is 0. The van der Waals surface area contributed by atoms with Crippen molar-refractivity contribution in [2.75, 3.05) is 11.6 Å². The molecule has 0 atom stereocenters. The largest absolute Gasteiger partial charge is 0.331 e. The number of amides is 1. The number of hydrogen-bond donors (Lipinski definition) is 2. The molecule has 5 nitrogen and oxygen atoms in total. The van der Waals surface area contributed by atoms with Gasteiger partial charge in [0.05, 0.1) is 10.6 Å². The maximum absolute atomic E-state index is 12.0. The van der Waals surface area contributed by atoms with Crippen LogP contribution in [0.5, 0.6) is 0 Å². The molecule has 0 saturated heterocycles. The summed E-state index contributed by atoms with van der Waals surface area (Å²) < 4.78 is 23.4. The lowest BCUT2D eigenvalue weighted by Gasteiger charge is -2.12. The molecule has 114 valence electrons. The zero-order valence-corrected chi connectivity index (χ0v) is 13.4. The molecule has 2 aromatic carbocycles. The Kier molecular flexibility index (Phi) is 4.89. The summed E-state index contributed by atoms with van der Waals surface area (Å²) in [5.41, 5.74) is 0.784. The van der Waals surface area contributed by atoms with Gasteiger partial charge in [-0.05, 0) is 36.5 Å². The lowest BCUT2D eigenvalue weighted by atomic mass is 10.2. The van der Waals surface area contributed by atoms with E-state index in [0.717, 1.165) is 6.26 Å². The number of hydrogen-bond acceptors (Lipinski definition) is 4. The SMILES string of the molecule is CS(=O)(=O)c1ccccc1NC(=S)NC(=O)c1ccccc1. The van der Waals surface area contributed by atoms with Gasteiger partial charge in [0.25, 0.3) is 5.91 Å². The predicted molar refractivity (Wildman–Crippen MR) is 89.7 cm³/mol. The maximum atomic E-state index is 12.0. The first kappa shape index (κ1) is 16.1. The van der Waals surface area contributed by atoms with Crippen LogP contribution in [0.3, 0.4) is 0 Å². The molecule has 0 bridgehead atoms. The molecule has 0 unspecified atom stereocenters. The molecule has 7 heteroatoms. The average Bonchev–Trinajstić information content (AvgIpc) is 2.47. The van der Waals surface area contributed by atoms with Crippen molar-refractivity contribution < 1.29 is 13.2 Å². The normalized spacial score (nSPS) is 10.8. The first-order valence-electron chi connectivity index (χ1n) is 6.34. The topological polar surface area (TPSA) is 75.3 Å². The van der Waals surface area contributed by atoms with Gasteiger partial charge in [-0.15, -0.1) is 0 Å². The van der Waals surface area contributed by atoms with Crippen LogP contribution in [0.25, 0.3) is 0 Å². The highest BCUT2D eigenvalue weighted by atomic mass is 32.2. The quantitative estimate of drug-likeness (QED) is 0.842. The molecule has 22 heavy (non-hydrogen) atoms. The van der Waals surface area contributed by atoms with Crippen molar-refractivity contribution in [2.45, 2.75) is 4.90 Å². The molecule has 2 N–H and O–H groups in total. The minimum Gasteiger partial charge on any atom is -0.331 e. The van der Waals surface area contributed by atoms with Crippen molar-refractivity contribution in [3.05, 3.63) is 60.2 Å². The third-order valence-corrected chi connectivity index (χ3v) is 4.16. The number of carbonyl (C=O) groups excluding carboxylic acids is 1. The Morgan fingerprint density at radius 3 is 2.23 bits per heavy atom. The molecule has 2 rings (SSSR count). The Morgan fingerprint density at radius 1 is 1.00 bits per heavy atom. The molecule has 0 spiro atoms. The second kappa shape index (κ2) is 6.67. The van der Waals surface area contributed by atoms with E-state index < -0.39 is 9.84 Å². The van der Waals surface area contributed by atoms with E-state index in [4.69, 9.17) is 12.2 Å². The monoisotopic (exact) mass is 334 g/mol. The van der Waals surface area contributed by atoms with Crippen molar-refractivity contribution in [3.8, 4) is 0 Å². The number of carbonyl (C=O) groups is 1. The minimum atomic E-state index is -3.39. The first-order valence-corrected chi connectivity index (χ1v) is 8.64. The van der Waals surface area contributed by atoms with Crippen molar-refractivity contribution >= 4 is 38.8 Å². The van der Waals surface area contributed by atoms with Crippen LogP contribution in [0.2, 0.25) is 0 Å². The fourth-order valence-electron chi connectivity index (χ4n) is 1.81. The molecule has 0 radical (unpaired) electrons. The molecular weight excluding hydrogens is 320 g/mol. The molecular formula is C15H14N2O3S2. The summed E-state index contributed by atoms with van der Waals surface area (Å²) in [7, 11) is -3.39. The van der Waals surface area contributed by atoms with Crippen LogP contribution >= 0.6 is 12.2 Å². The van der Waals surface area contributed by atoms with Gasteiger partial charge < -0.3 is 5.32 Å². The summed E-state index contributed by atoms with van der Waals surface area (Å²) in [4.78, 5) is 12.1. The standard InChI is InChI=1S/C15H14N2O3S2/c1-22(19,20)13-10-6-5-9-12(13)16-15(21)17-14(18)11-7-3-2-4-8-11/h2-10H,1H3,(H2,16,17,18,21). The van der Waals surface area contributed by atoms with Crippen LogP contribution in [0.15, 0.2) is 59.5 Å². The van der Waals surface area contributed by atoms with Gasteiger partial charge in [-0.3, -0.25) is 10.1 Å². The minimum absolute atomic E-state index is 0.0324. The third kappa shape index (κ3) is 4.12. The first-order chi connectivity index (χ1) is 10.4. The van der Waals surface area contributed by atoms with Crippen LogP contribution in [-0.4, -0.2) is 25.7 Å². The molecule has 0 saturated carbocycles. The van der Waals surface area contributed by atoms with E-state index in [1.807, 2.05) is 0 Å². The molecule has 0 heterocycles. The second-order valence-corrected chi connectivity index (χ2v) is 6.94. The van der Waals surface area contributed by atoms with Crippen LogP contribution in [-0.2, 0) is 9.84 Å². The zero-order chi connectivity index (χ0) is 16.2. The van der Waals surface area contributed by atoms with E-state index in [0.29, 0.717) is 11.3 Å². The Labute approximate surface area is 134 Å². The van der Waals surface area contributed by atoms with Crippen molar-refractivity contribution in [3.63, 3.8) is 0 Å². The second-order valence-electron chi connectivity index (χ2n) is 4.54. The Morgan fingerprint density at radius 2 is 1.59 bits per heavy atom. The summed E-state index contributed by atoms with van der Waals surface area (Å²) in [5, 5.41) is 5.28. The van der Waals surface area contributed by atoms with E-state index in [-0.39, 0.29) is 15.9 Å². The van der Waals surface area contributed by atoms with E-state index >= 15 is 0 Å². The number of anilines is 1. The highest BCUT2D eigenvalue weighted by Gasteiger charge is 2.14. The number of para-hydroxylation sites is 1. The zero-order valence-electron chi connectivity index (χ0n) is 11.7. The van der Waals surface area contributed by atoms with Crippen LogP contribution in [0.4, 0.5) is 5.69 Å². The molecule has 0 fully saturated rings. The van der Waals surface area contributed by atoms with Crippen molar-refractivity contribution in [1.82, 2.24) is 5.32 Å². The lowest BCUT2D eigenvalue weighted by Crippen LogP contribution is -2.34. The molecule has 2 aromatic rings. The van der Waals surface area contributed by atoms with Gasteiger partial charge in [-0.2, -0.15) is 0 Å². The van der Waals surface area contributed by atoms with Gasteiger partial charge >= 0.3 is 0 Å². The van der Waals surface area contributed by atoms with Crippen LogP contribution < -0.4 is 10.6 Å². The van der Waals surface area contributed by atoms with E-state index in [1.54, 1.807) is 48.5 Å². The van der Waals surface area contributed by atoms with Crippen LogP contribution in [0.1, 0.15) is 10.4 Å². The summed E-state index contributed by atoms with van der Waals surface area (Å²) in [6, 6.07) is 14.9. The van der Waals surface area contributed by atoms with Gasteiger partial charge in [-0.25, -0.2) is 8.42 Å². The van der Waals surface area contributed by atoms with Gasteiger partial charge in [0.1, 0.15) is 0 Å². The smallest absolute Gasteiger partial charge is 0.257 e. The molecule has 1 amide bonds. The summed E-state index contributed by atoms with van der Waals surface area (Å²) >= 11 is 5.06. The summed E-state index contributed by atoms with van der Waals surface area (Å²) in [6.07, 6.45) is 1.11. The van der Waals surface area contributed by atoms with Crippen molar-refractivity contribution in [1.29, 1.82) is 0 Å². The molecule has 0 aromatic heterocycles. The number of nitrogens with one attached hydrogen (secondary N) is 2. The number of rotatable bonds is 3. The van der Waals surface area contributed by atoms with Crippen molar-refractivity contribution in [2.24, 2.45) is 0 Å². The highest BCUT2D eigenvalue weighted by molar-refractivity contribution is 7.90. The molecule has 0 aliphatic carbocycles. The Hall–Kier alpha value is -2.25. The van der Waals surface area contributed by atoms with Crippen LogP contribution in [0, 0.1) is 0 Å². The molecule has 0 aliphatic heterocycles. The predicted octanol–water partition coefficient (Wildman–Crippen LogP) is 2.22. The number of thiocarbonyl (C=S) groups is 1.